The Balaban J connectivity index is 0.00000102. The van der Waals surface area contributed by atoms with Crippen molar-refractivity contribution in [2.24, 2.45) is 7.05 Å². The van der Waals surface area contributed by atoms with Gasteiger partial charge in [0.2, 0.25) is 0 Å². The lowest BCUT2D eigenvalue weighted by Gasteiger charge is -2.12. The van der Waals surface area contributed by atoms with Crippen LogP contribution in [0, 0.1) is 6.92 Å². The van der Waals surface area contributed by atoms with Gasteiger partial charge in [-0.1, -0.05) is 26.0 Å². The molecule has 3 heterocycles. The second-order valence-electron chi connectivity index (χ2n) is 5.85. The molecule has 0 aliphatic heterocycles. The fraction of sp³-hybridized carbons (Fsp3) is 0.200. The van der Waals surface area contributed by atoms with E-state index in [2.05, 4.69) is 25.4 Å². The van der Waals surface area contributed by atoms with E-state index in [1.54, 1.807) is 35.7 Å². The first-order chi connectivity index (χ1) is 13.1. The molecule has 0 aliphatic rings. The fourth-order valence-electron chi connectivity index (χ4n) is 2.77. The van der Waals surface area contributed by atoms with E-state index >= 15 is 0 Å². The highest BCUT2D eigenvalue weighted by Crippen LogP contribution is 2.28. The van der Waals surface area contributed by atoms with Crippen molar-refractivity contribution in [2.45, 2.75) is 20.8 Å². The monoisotopic (exact) mass is 361 g/mol. The van der Waals surface area contributed by atoms with Crippen molar-refractivity contribution in [3.05, 3.63) is 54.7 Å². The summed E-state index contributed by atoms with van der Waals surface area (Å²) in [6.45, 7) is 6.00. The molecule has 4 aromatic rings. The van der Waals surface area contributed by atoms with Gasteiger partial charge >= 0.3 is 0 Å². The molecule has 7 heteroatoms. The standard InChI is InChI=1S/C18H17N7.C2H6/c1-11-4-3-5-15(19)17(11)24-12-6-21-18(22-7-12)14-8-20-10-16-13(14)9-23-25(16)2;1-2/h3-10,24H,19H2,1-2H3;1-2H3. The van der Waals surface area contributed by atoms with Crippen LogP contribution in [0.3, 0.4) is 0 Å². The van der Waals surface area contributed by atoms with Gasteiger partial charge in [0.05, 0.1) is 47.4 Å². The predicted molar refractivity (Wildman–Crippen MR) is 110 cm³/mol. The molecular formula is C20H23N7. The molecule has 27 heavy (non-hydrogen) atoms. The molecule has 0 aliphatic carbocycles. The molecule has 3 N–H and O–H groups in total. The van der Waals surface area contributed by atoms with Gasteiger partial charge in [0.25, 0.3) is 0 Å². The normalized spacial score (nSPS) is 10.4. The maximum absolute atomic E-state index is 6.03. The smallest absolute Gasteiger partial charge is 0.161 e. The highest BCUT2D eigenvalue weighted by molar-refractivity contribution is 5.91. The number of benzene rings is 1. The van der Waals surface area contributed by atoms with Crippen LogP contribution in [0.15, 0.2) is 49.2 Å². The summed E-state index contributed by atoms with van der Waals surface area (Å²) in [5.74, 6) is 0.606. The van der Waals surface area contributed by atoms with Crippen LogP contribution in [0.2, 0.25) is 0 Å². The van der Waals surface area contributed by atoms with Crippen molar-refractivity contribution >= 4 is 28.0 Å². The number of hydrogen-bond donors (Lipinski definition) is 2. The van der Waals surface area contributed by atoms with Gasteiger partial charge in [-0.3, -0.25) is 9.67 Å². The minimum atomic E-state index is 0.606. The number of hydrogen-bond acceptors (Lipinski definition) is 6. The molecule has 0 amide bonds. The highest BCUT2D eigenvalue weighted by Gasteiger charge is 2.11. The Morgan fingerprint density at radius 1 is 1.00 bits per heavy atom. The number of pyridine rings is 1. The quantitative estimate of drug-likeness (QED) is 0.534. The maximum atomic E-state index is 6.03. The van der Waals surface area contributed by atoms with E-state index in [1.165, 1.54) is 0 Å². The number of anilines is 3. The molecule has 0 fully saturated rings. The topological polar surface area (TPSA) is 94.5 Å². The zero-order chi connectivity index (χ0) is 19.4. The van der Waals surface area contributed by atoms with Gasteiger partial charge in [0, 0.05) is 24.2 Å². The third-order valence-electron chi connectivity index (χ3n) is 4.14. The third-order valence-corrected chi connectivity index (χ3v) is 4.14. The van der Waals surface area contributed by atoms with Gasteiger partial charge < -0.3 is 11.1 Å². The third kappa shape index (κ3) is 3.57. The lowest BCUT2D eigenvalue weighted by atomic mass is 10.1. The summed E-state index contributed by atoms with van der Waals surface area (Å²) < 4.78 is 1.78. The van der Waals surface area contributed by atoms with Crippen LogP contribution in [-0.4, -0.2) is 24.7 Å². The maximum Gasteiger partial charge on any atom is 0.161 e. The SMILES string of the molecule is CC.Cc1cccc(N)c1Nc1cnc(-c2cncc3c2cnn3C)nc1. The summed E-state index contributed by atoms with van der Waals surface area (Å²) >= 11 is 0. The molecule has 0 saturated heterocycles. The first kappa shape index (κ1) is 18.3. The Kier molecular flexibility index (Phi) is 5.30. The van der Waals surface area contributed by atoms with Gasteiger partial charge in [-0.15, -0.1) is 0 Å². The van der Waals surface area contributed by atoms with Crippen LogP contribution in [0.5, 0.6) is 0 Å². The predicted octanol–water partition coefficient (Wildman–Crippen LogP) is 4.09. The molecule has 0 atom stereocenters. The first-order valence-electron chi connectivity index (χ1n) is 8.84. The number of nitrogens with zero attached hydrogens (tertiary/aromatic N) is 5. The summed E-state index contributed by atoms with van der Waals surface area (Å²) in [7, 11) is 1.88. The molecular weight excluding hydrogens is 338 g/mol. The van der Waals surface area contributed by atoms with Crippen LogP contribution in [0.4, 0.5) is 17.1 Å². The summed E-state index contributed by atoms with van der Waals surface area (Å²) in [6.07, 6.45) is 8.82. The lowest BCUT2D eigenvalue weighted by Crippen LogP contribution is -2.00. The second kappa shape index (κ2) is 7.82. The zero-order valence-corrected chi connectivity index (χ0v) is 15.9. The van der Waals surface area contributed by atoms with Crippen molar-refractivity contribution in [1.29, 1.82) is 0 Å². The molecule has 0 radical (unpaired) electrons. The van der Waals surface area contributed by atoms with Crippen molar-refractivity contribution in [3.8, 4) is 11.4 Å². The fourth-order valence-corrected chi connectivity index (χ4v) is 2.77. The van der Waals surface area contributed by atoms with Gasteiger partial charge in [-0.05, 0) is 18.6 Å². The first-order valence-corrected chi connectivity index (χ1v) is 8.84. The molecule has 0 saturated carbocycles. The zero-order valence-electron chi connectivity index (χ0n) is 15.9. The molecule has 3 aromatic heterocycles. The average Bonchev–Trinajstić information content (AvgIpc) is 3.08. The Morgan fingerprint density at radius 2 is 1.74 bits per heavy atom. The van der Waals surface area contributed by atoms with Crippen molar-refractivity contribution in [3.63, 3.8) is 0 Å². The van der Waals surface area contributed by atoms with Crippen LogP contribution in [0.1, 0.15) is 19.4 Å². The minimum absolute atomic E-state index is 0.606. The summed E-state index contributed by atoms with van der Waals surface area (Å²) in [6, 6.07) is 5.79. The molecule has 0 bridgehead atoms. The van der Waals surface area contributed by atoms with Gasteiger partial charge in [0.15, 0.2) is 5.82 Å². The Morgan fingerprint density at radius 3 is 2.44 bits per heavy atom. The van der Waals surface area contributed by atoms with Crippen molar-refractivity contribution in [2.75, 3.05) is 11.1 Å². The number of nitrogens with two attached hydrogens (primary N) is 1. The molecule has 0 unspecified atom stereocenters. The molecule has 7 nitrogen and oxygen atoms in total. The van der Waals surface area contributed by atoms with Crippen LogP contribution >= 0.6 is 0 Å². The molecule has 138 valence electrons. The van der Waals surface area contributed by atoms with Crippen molar-refractivity contribution < 1.29 is 0 Å². The number of fused-ring (bicyclic) bond motifs is 1. The van der Waals surface area contributed by atoms with E-state index in [0.717, 1.165) is 33.4 Å². The highest BCUT2D eigenvalue weighted by atomic mass is 15.2. The van der Waals surface area contributed by atoms with Crippen LogP contribution in [-0.2, 0) is 7.05 Å². The van der Waals surface area contributed by atoms with Gasteiger partial charge in [-0.25, -0.2) is 9.97 Å². The molecule has 0 spiro atoms. The molecule has 1 aromatic carbocycles. The Hall–Kier alpha value is -3.48. The van der Waals surface area contributed by atoms with E-state index < -0.39 is 0 Å². The largest absolute Gasteiger partial charge is 0.397 e. The van der Waals surface area contributed by atoms with Crippen LogP contribution < -0.4 is 11.1 Å². The summed E-state index contributed by atoms with van der Waals surface area (Å²) in [5, 5.41) is 8.52. The number of nitrogens with one attached hydrogen (secondary N) is 1. The van der Waals surface area contributed by atoms with E-state index in [-0.39, 0.29) is 0 Å². The van der Waals surface area contributed by atoms with E-state index in [0.29, 0.717) is 11.5 Å². The Labute approximate surface area is 158 Å². The minimum Gasteiger partial charge on any atom is -0.397 e. The van der Waals surface area contributed by atoms with Crippen molar-refractivity contribution in [1.82, 2.24) is 24.7 Å². The second-order valence-corrected chi connectivity index (χ2v) is 5.85. The lowest BCUT2D eigenvalue weighted by molar-refractivity contribution is 0.795. The number of aryl methyl sites for hydroxylation is 2. The number of rotatable bonds is 3. The van der Waals surface area contributed by atoms with Crippen LogP contribution in [0.25, 0.3) is 22.3 Å². The number of nitrogen functional groups attached to an aromatic ring is 1. The van der Waals surface area contributed by atoms with Gasteiger partial charge in [0.1, 0.15) is 0 Å². The summed E-state index contributed by atoms with van der Waals surface area (Å²) in [5.41, 5.74) is 11.2. The van der Waals surface area contributed by atoms with E-state index in [1.807, 2.05) is 46.0 Å². The number of para-hydroxylation sites is 1. The number of aromatic nitrogens is 5. The molecule has 4 rings (SSSR count). The van der Waals surface area contributed by atoms with E-state index in [4.69, 9.17) is 5.73 Å². The summed E-state index contributed by atoms with van der Waals surface area (Å²) in [4.78, 5) is 13.2. The Bertz CT molecular complexity index is 1030. The van der Waals surface area contributed by atoms with Gasteiger partial charge in [-0.2, -0.15) is 5.10 Å². The van der Waals surface area contributed by atoms with E-state index in [9.17, 15) is 0 Å². The average molecular weight is 361 g/mol.